The lowest BCUT2D eigenvalue weighted by molar-refractivity contribution is 0.0528. The maximum absolute atomic E-state index is 13.9. The van der Waals surface area contributed by atoms with Crippen LogP contribution < -0.4 is 9.64 Å². The molecular weight excluding hydrogens is 381 g/mol. The van der Waals surface area contributed by atoms with Crippen molar-refractivity contribution in [3.63, 3.8) is 0 Å². The largest absolute Gasteiger partial charge is 0.481 e. The van der Waals surface area contributed by atoms with Crippen molar-refractivity contribution in [2.45, 2.75) is 13.0 Å². The lowest BCUT2D eigenvalue weighted by Crippen LogP contribution is -2.40. The van der Waals surface area contributed by atoms with Crippen molar-refractivity contribution < 1.29 is 23.4 Å². The first-order valence-corrected chi connectivity index (χ1v) is 9.17. The van der Waals surface area contributed by atoms with Crippen LogP contribution in [-0.4, -0.2) is 59.0 Å². The number of esters is 1. The fraction of sp³-hybridized carbons (Fsp3) is 0.368. The number of carbonyl (C=O) groups is 1. The molecule has 0 bridgehead atoms. The van der Waals surface area contributed by atoms with Crippen LogP contribution in [0.1, 0.15) is 28.9 Å². The first kappa shape index (κ1) is 19.1. The molecule has 10 heteroatoms. The molecule has 0 amide bonds. The Labute approximate surface area is 166 Å². The highest BCUT2D eigenvalue weighted by atomic mass is 19.1. The zero-order valence-corrected chi connectivity index (χ0v) is 16.0. The second-order valence-corrected chi connectivity index (χ2v) is 6.37. The van der Waals surface area contributed by atoms with Gasteiger partial charge in [-0.25, -0.2) is 23.7 Å². The third kappa shape index (κ3) is 3.58. The zero-order valence-electron chi connectivity index (χ0n) is 16.0. The van der Waals surface area contributed by atoms with Gasteiger partial charge in [0.2, 0.25) is 5.88 Å². The van der Waals surface area contributed by atoms with Crippen molar-refractivity contribution in [3.05, 3.63) is 47.7 Å². The SMILES string of the molecule is CCOC(=O)c1cnn2ccc(N3CCOCC3c3cc(F)cnc3OC)nc12. The van der Waals surface area contributed by atoms with Gasteiger partial charge in [0.05, 0.1) is 45.4 Å². The smallest absolute Gasteiger partial charge is 0.343 e. The van der Waals surface area contributed by atoms with E-state index in [-0.39, 0.29) is 18.2 Å². The molecule has 1 atom stereocenters. The predicted octanol–water partition coefficient (Wildman–Crippen LogP) is 2.03. The van der Waals surface area contributed by atoms with Gasteiger partial charge in [-0.15, -0.1) is 0 Å². The van der Waals surface area contributed by atoms with E-state index in [1.165, 1.54) is 23.9 Å². The van der Waals surface area contributed by atoms with Gasteiger partial charge in [-0.3, -0.25) is 0 Å². The monoisotopic (exact) mass is 401 g/mol. The summed E-state index contributed by atoms with van der Waals surface area (Å²) in [6.45, 7) is 3.32. The molecule has 1 fully saturated rings. The quantitative estimate of drug-likeness (QED) is 0.600. The molecule has 4 heterocycles. The summed E-state index contributed by atoms with van der Waals surface area (Å²) in [7, 11) is 1.49. The summed E-state index contributed by atoms with van der Waals surface area (Å²) in [6.07, 6.45) is 4.26. The third-order valence-electron chi connectivity index (χ3n) is 4.67. The number of carbonyl (C=O) groups excluding carboxylic acids is 1. The van der Waals surface area contributed by atoms with Gasteiger partial charge >= 0.3 is 5.97 Å². The Hall–Kier alpha value is -3.27. The first-order valence-electron chi connectivity index (χ1n) is 9.17. The van der Waals surface area contributed by atoms with Crippen molar-refractivity contribution >= 4 is 17.4 Å². The molecule has 152 valence electrons. The number of fused-ring (bicyclic) bond motifs is 1. The molecule has 1 unspecified atom stereocenters. The number of morpholine rings is 1. The molecule has 0 aliphatic carbocycles. The minimum atomic E-state index is -0.485. The van der Waals surface area contributed by atoms with Gasteiger partial charge in [-0.2, -0.15) is 5.10 Å². The number of halogens is 1. The molecule has 0 radical (unpaired) electrons. The Morgan fingerprint density at radius 2 is 2.28 bits per heavy atom. The Bertz CT molecular complexity index is 1040. The fourth-order valence-corrected chi connectivity index (χ4v) is 3.36. The highest BCUT2D eigenvalue weighted by Gasteiger charge is 2.30. The molecule has 3 aromatic heterocycles. The average Bonchev–Trinajstić information content (AvgIpc) is 3.17. The first-order chi connectivity index (χ1) is 14.1. The summed E-state index contributed by atoms with van der Waals surface area (Å²) in [6, 6.07) is 2.82. The van der Waals surface area contributed by atoms with E-state index in [0.29, 0.717) is 42.7 Å². The van der Waals surface area contributed by atoms with E-state index in [1.54, 1.807) is 19.2 Å². The van der Waals surface area contributed by atoms with E-state index < -0.39 is 11.8 Å². The molecule has 0 N–H and O–H groups in total. The number of hydrogen-bond donors (Lipinski definition) is 0. The number of methoxy groups -OCH3 is 1. The van der Waals surface area contributed by atoms with Gasteiger partial charge < -0.3 is 19.1 Å². The van der Waals surface area contributed by atoms with Crippen LogP contribution in [0.15, 0.2) is 30.7 Å². The van der Waals surface area contributed by atoms with Crippen molar-refractivity contribution in [2.75, 3.05) is 38.4 Å². The molecule has 3 aromatic rings. The highest BCUT2D eigenvalue weighted by molar-refractivity contribution is 5.95. The maximum Gasteiger partial charge on any atom is 0.343 e. The van der Waals surface area contributed by atoms with E-state index in [2.05, 4.69) is 15.1 Å². The molecule has 0 aromatic carbocycles. The number of pyridine rings is 1. The number of hydrogen-bond acceptors (Lipinski definition) is 8. The van der Waals surface area contributed by atoms with Gasteiger partial charge in [0.25, 0.3) is 0 Å². The Morgan fingerprint density at radius 1 is 1.41 bits per heavy atom. The van der Waals surface area contributed by atoms with Gasteiger partial charge in [0.15, 0.2) is 5.65 Å². The van der Waals surface area contributed by atoms with Gasteiger partial charge in [0, 0.05) is 18.3 Å². The molecule has 0 spiro atoms. The Balaban J connectivity index is 1.76. The molecule has 1 aliphatic heterocycles. The van der Waals surface area contributed by atoms with Gasteiger partial charge in [-0.05, 0) is 19.1 Å². The lowest BCUT2D eigenvalue weighted by atomic mass is 10.1. The zero-order chi connectivity index (χ0) is 20.4. The van der Waals surface area contributed by atoms with Gasteiger partial charge in [0.1, 0.15) is 17.2 Å². The van der Waals surface area contributed by atoms with E-state index in [1.807, 2.05) is 4.90 Å². The fourth-order valence-electron chi connectivity index (χ4n) is 3.36. The molecule has 29 heavy (non-hydrogen) atoms. The summed E-state index contributed by atoms with van der Waals surface area (Å²) in [5, 5.41) is 4.15. The lowest BCUT2D eigenvalue weighted by Gasteiger charge is -2.37. The summed E-state index contributed by atoms with van der Waals surface area (Å²) in [5.41, 5.74) is 1.23. The van der Waals surface area contributed by atoms with Crippen LogP contribution in [0.25, 0.3) is 5.65 Å². The minimum Gasteiger partial charge on any atom is -0.481 e. The number of aromatic nitrogens is 4. The molecule has 9 nitrogen and oxygen atoms in total. The Kier molecular flexibility index (Phi) is 5.26. The van der Waals surface area contributed by atoms with Crippen molar-refractivity contribution in [1.29, 1.82) is 0 Å². The highest BCUT2D eigenvalue weighted by Crippen LogP contribution is 2.33. The number of ether oxygens (including phenoxy) is 3. The topological polar surface area (TPSA) is 91.1 Å². The average molecular weight is 401 g/mol. The second kappa shape index (κ2) is 8.00. The van der Waals surface area contributed by atoms with E-state index in [4.69, 9.17) is 14.2 Å². The third-order valence-corrected chi connectivity index (χ3v) is 4.67. The maximum atomic E-state index is 13.9. The van der Waals surface area contributed by atoms with E-state index in [0.717, 1.165) is 6.20 Å². The van der Waals surface area contributed by atoms with E-state index in [9.17, 15) is 9.18 Å². The van der Waals surface area contributed by atoms with Crippen molar-refractivity contribution in [3.8, 4) is 5.88 Å². The Morgan fingerprint density at radius 3 is 3.07 bits per heavy atom. The molecular formula is C19H20FN5O4. The minimum absolute atomic E-state index is 0.258. The van der Waals surface area contributed by atoms with Crippen LogP contribution in [0.3, 0.4) is 0 Å². The van der Waals surface area contributed by atoms with Crippen LogP contribution in [0.2, 0.25) is 0 Å². The number of rotatable bonds is 5. The second-order valence-electron chi connectivity index (χ2n) is 6.37. The number of nitrogens with zero attached hydrogens (tertiary/aromatic N) is 5. The molecule has 0 saturated carbocycles. The van der Waals surface area contributed by atoms with Crippen LogP contribution in [0, 0.1) is 5.82 Å². The van der Waals surface area contributed by atoms with Crippen LogP contribution in [-0.2, 0) is 9.47 Å². The van der Waals surface area contributed by atoms with E-state index >= 15 is 0 Å². The summed E-state index contributed by atoms with van der Waals surface area (Å²) < 4.78 is 31.4. The van der Waals surface area contributed by atoms with Crippen LogP contribution >= 0.6 is 0 Å². The molecule has 1 saturated heterocycles. The predicted molar refractivity (Wildman–Crippen MR) is 101 cm³/mol. The summed E-state index contributed by atoms with van der Waals surface area (Å²) >= 11 is 0. The molecule has 4 rings (SSSR count). The van der Waals surface area contributed by atoms with Crippen LogP contribution in [0.5, 0.6) is 5.88 Å². The molecule has 1 aliphatic rings. The standard InChI is InChI=1S/C19H20FN5O4/c1-3-29-19(26)14-10-22-25-5-4-16(23-17(14)25)24-6-7-28-11-15(24)13-8-12(20)9-21-18(13)27-2/h4-5,8-10,15H,3,6-7,11H2,1-2H3. The van der Waals surface area contributed by atoms with Crippen molar-refractivity contribution in [1.82, 2.24) is 19.6 Å². The van der Waals surface area contributed by atoms with Crippen molar-refractivity contribution in [2.24, 2.45) is 0 Å². The summed E-state index contributed by atoms with van der Waals surface area (Å²) in [5.74, 6) is -0.0236. The van der Waals surface area contributed by atoms with Crippen LogP contribution in [0.4, 0.5) is 10.2 Å². The van der Waals surface area contributed by atoms with Gasteiger partial charge in [-0.1, -0.05) is 0 Å². The summed E-state index contributed by atoms with van der Waals surface area (Å²) in [4.78, 5) is 22.8. The normalized spacial score (nSPS) is 16.8. The number of anilines is 1.